The van der Waals surface area contributed by atoms with Gasteiger partial charge in [0.1, 0.15) is 11.6 Å². The fourth-order valence-electron chi connectivity index (χ4n) is 5.45. The lowest BCUT2D eigenvalue weighted by Crippen LogP contribution is -2.47. The lowest BCUT2D eigenvalue weighted by atomic mass is 9.85. The molecule has 1 aliphatic rings. The Hall–Kier alpha value is -4.07. The number of halogens is 6. The summed E-state index contributed by atoms with van der Waals surface area (Å²) in [5, 5.41) is 11.4. The van der Waals surface area contributed by atoms with E-state index in [1.165, 1.54) is 27.9 Å². The normalized spacial score (nSPS) is 19.1. The molecular weight excluding hydrogens is 604 g/mol. The number of alkyl halides is 4. The first-order valence-corrected chi connectivity index (χ1v) is 14.2. The zero-order valence-electron chi connectivity index (χ0n) is 25.3. The van der Waals surface area contributed by atoms with E-state index in [4.69, 9.17) is 5.11 Å². The Balaban J connectivity index is 1.63. The van der Waals surface area contributed by atoms with Crippen molar-refractivity contribution in [3.05, 3.63) is 77.1 Å². The number of likely N-dealkylation sites (tertiary alicyclic amines) is 1. The maximum absolute atomic E-state index is 16.9. The number of nitrogens with zero attached hydrogens (tertiary/aromatic N) is 4. The van der Waals surface area contributed by atoms with E-state index in [9.17, 15) is 31.5 Å². The quantitative estimate of drug-likeness (QED) is 0.262. The first-order valence-electron chi connectivity index (χ1n) is 14.2. The molecular formula is C31H35F6N5O3. The highest BCUT2D eigenvalue weighted by Crippen LogP contribution is 2.43. The summed E-state index contributed by atoms with van der Waals surface area (Å²) >= 11 is 0. The van der Waals surface area contributed by atoms with E-state index in [1.54, 1.807) is 11.9 Å². The average molecular weight is 640 g/mol. The highest BCUT2D eigenvalue weighted by Gasteiger charge is 2.56. The van der Waals surface area contributed by atoms with E-state index in [0.717, 1.165) is 24.3 Å². The smallest absolute Gasteiger partial charge is 0.416 e. The summed E-state index contributed by atoms with van der Waals surface area (Å²) in [6.07, 6.45) is -1.82. The Morgan fingerprint density at radius 3 is 2.47 bits per heavy atom. The molecule has 0 aliphatic carbocycles. The van der Waals surface area contributed by atoms with Gasteiger partial charge in [-0.05, 0) is 56.5 Å². The predicted molar refractivity (Wildman–Crippen MR) is 156 cm³/mol. The summed E-state index contributed by atoms with van der Waals surface area (Å²) in [6.45, 7) is 5.15. The van der Waals surface area contributed by atoms with Crippen LogP contribution in [0.2, 0.25) is 0 Å². The first-order chi connectivity index (χ1) is 20.9. The zero-order chi connectivity index (χ0) is 33.3. The number of carbonyl (C=O) groups is 2. The fraction of sp³-hybridized carbons (Fsp3) is 0.452. The largest absolute Gasteiger partial charge is 0.481 e. The van der Waals surface area contributed by atoms with Crippen molar-refractivity contribution in [2.24, 2.45) is 0 Å². The van der Waals surface area contributed by atoms with Gasteiger partial charge in [-0.1, -0.05) is 12.1 Å². The molecule has 2 atom stereocenters. The van der Waals surface area contributed by atoms with Gasteiger partial charge >= 0.3 is 12.1 Å². The lowest BCUT2D eigenvalue weighted by molar-refractivity contribution is -0.138. The summed E-state index contributed by atoms with van der Waals surface area (Å²) < 4.78 is 87.5. The maximum atomic E-state index is 16.9. The number of rotatable bonds is 10. The second-order valence-corrected chi connectivity index (χ2v) is 12.2. The van der Waals surface area contributed by atoms with E-state index < -0.39 is 52.4 Å². The molecule has 2 heterocycles. The number of aromatic nitrogens is 2. The van der Waals surface area contributed by atoms with E-state index in [0.29, 0.717) is 11.6 Å². The molecule has 244 valence electrons. The van der Waals surface area contributed by atoms with Crippen LogP contribution in [0.25, 0.3) is 0 Å². The molecule has 1 aromatic heterocycles. The number of imidazole rings is 1. The van der Waals surface area contributed by atoms with E-state index in [-0.39, 0.29) is 56.2 Å². The van der Waals surface area contributed by atoms with Crippen molar-refractivity contribution >= 4 is 23.5 Å². The predicted octanol–water partition coefficient (Wildman–Crippen LogP) is 6.07. The Kier molecular flexibility index (Phi) is 9.57. The molecule has 8 nitrogen and oxygen atoms in total. The summed E-state index contributed by atoms with van der Waals surface area (Å²) in [6, 6.07) is 5.92. The van der Waals surface area contributed by atoms with Gasteiger partial charge in [0.15, 0.2) is 0 Å². The van der Waals surface area contributed by atoms with Crippen molar-refractivity contribution < 1.29 is 41.0 Å². The van der Waals surface area contributed by atoms with Crippen LogP contribution in [0, 0.1) is 11.6 Å². The molecule has 0 radical (unpaired) electrons. The fourth-order valence-corrected chi connectivity index (χ4v) is 5.45. The molecule has 0 spiro atoms. The van der Waals surface area contributed by atoms with Crippen LogP contribution < -0.4 is 10.2 Å². The molecule has 2 aromatic carbocycles. The molecule has 45 heavy (non-hydrogen) atoms. The second kappa shape index (κ2) is 12.7. The zero-order valence-corrected chi connectivity index (χ0v) is 25.3. The van der Waals surface area contributed by atoms with E-state index >= 15 is 4.39 Å². The molecule has 0 saturated carbocycles. The molecule has 0 unspecified atom stereocenters. The molecule has 1 fully saturated rings. The van der Waals surface area contributed by atoms with Gasteiger partial charge in [-0.3, -0.25) is 19.8 Å². The molecule has 14 heteroatoms. The van der Waals surface area contributed by atoms with Gasteiger partial charge in [-0.2, -0.15) is 13.2 Å². The Morgan fingerprint density at radius 1 is 1.13 bits per heavy atom. The van der Waals surface area contributed by atoms with Gasteiger partial charge in [0.25, 0.3) is 5.91 Å². The van der Waals surface area contributed by atoms with Gasteiger partial charge in [0.05, 0.1) is 12.1 Å². The number of carboxylic acids is 1. The van der Waals surface area contributed by atoms with Gasteiger partial charge in [-0.25, -0.2) is 18.2 Å². The molecule has 3 aromatic rings. The van der Waals surface area contributed by atoms with Crippen molar-refractivity contribution in [2.45, 2.75) is 63.5 Å². The molecule has 1 aliphatic heterocycles. The number of anilines is 2. The van der Waals surface area contributed by atoms with E-state index in [1.807, 2.05) is 20.8 Å². The van der Waals surface area contributed by atoms with Crippen LogP contribution in [0.1, 0.15) is 56.2 Å². The molecule has 1 amide bonds. The number of benzene rings is 2. The van der Waals surface area contributed by atoms with Crippen LogP contribution in [0.5, 0.6) is 0 Å². The molecule has 4 rings (SSSR count). The Morgan fingerprint density at radius 2 is 1.84 bits per heavy atom. The minimum atomic E-state index is -4.62. The number of nitrogens with one attached hydrogen (secondary N) is 1. The lowest BCUT2D eigenvalue weighted by Gasteiger charge is -2.32. The van der Waals surface area contributed by atoms with Crippen LogP contribution in [0.3, 0.4) is 0 Å². The first kappa shape index (κ1) is 33.8. The van der Waals surface area contributed by atoms with Crippen molar-refractivity contribution in [1.29, 1.82) is 0 Å². The number of hydrogen-bond acceptors (Lipinski definition) is 5. The maximum Gasteiger partial charge on any atom is 0.416 e. The molecule has 1 saturated heterocycles. The SMILES string of the molecule is CN(CCCC(=O)O)c1cc(C(F)(F)F)ccc1Cn1ccnc1NC(=O)[C@]1(F)CN(C(C)(C)C)C[C@H]1c1ccc(F)cc1F. The Labute approximate surface area is 256 Å². The minimum absolute atomic E-state index is 0.0203. The van der Waals surface area contributed by atoms with Gasteiger partial charge in [-0.15, -0.1) is 0 Å². The number of carbonyl (C=O) groups excluding carboxylic acids is 1. The summed E-state index contributed by atoms with van der Waals surface area (Å²) in [4.78, 5) is 31.9. The van der Waals surface area contributed by atoms with Crippen LogP contribution in [0.15, 0.2) is 48.8 Å². The molecule has 2 N–H and O–H groups in total. The highest BCUT2D eigenvalue weighted by atomic mass is 19.4. The van der Waals surface area contributed by atoms with Crippen LogP contribution in [-0.4, -0.2) is 69.3 Å². The summed E-state index contributed by atoms with van der Waals surface area (Å²) in [5.41, 5.74) is -3.69. The van der Waals surface area contributed by atoms with Crippen molar-refractivity contribution in [2.75, 3.05) is 36.9 Å². The number of amides is 1. The van der Waals surface area contributed by atoms with Crippen molar-refractivity contribution in [3.8, 4) is 0 Å². The van der Waals surface area contributed by atoms with Crippen LogP contribution in [-0.2, 0) is 22.3 Å². The standard InChI is InChI=1S/C31H35F6N5O3/c1-29(2,3)42-17-23(22-10-9-21(32)15-24(22)33)30(34,18-42)27(45)39-28-38-11-13-41(28)16-19-7-8-20(31(35,36)37)14-25(19)40(4)12-5-6-26(43)44/h7-11,13-15,23H,5-6,12,16-18H2,1-4H3,(H,43,44)(H,38,39,45)/t23-,30-/m0/s1. The van der Waals surface area contributed by atoms with Gasteiger partial charge in [0.2, 0.25) is 11.6 Å². The third-order valence-electron chi connectivity index (χ3n) is 8.03. The second-order valence-electron chi connectivity index (χ2n) is 12.2. The summed E-state index contributed by atoms with van der Waals surface area (Å²) in [5.74, 6) is -5.32. The Bertz CT molecular complexity index is 1550. The van der Waals surface area contributed by atoms with Gasteiger partial charge < -0.3 is 14.6 Å². The average Bonchev–Trinajstić information content (AvgIpc) is 3.52. The minimum Gasteiger partial charge on any atom is -0.481 e. The highest BCUT2D eigenvalue weighted by molar-refractivity contribution is 5.97. The van der Waals surface area contributed by atoms with E-state index in [2.05, 4.69) is 10.3 Å². The third-order valence-corrected chi connectivity index (χ3v) is 8.03. The third kappa shape index (κ3) is 7.60. The van der Waals surface area contributed by atoms with Crippen molar-refractivity contribution in [1.82, 2.24) is 14.5 Å². The number of hydrogen-bond donors (Lipinski definition) is 2. The monoisotopic (exact) mass is 639 g/mol. The molecule has 0 bridgehead atoms. The summed E-state index contributed by atoms with van der Waals surface area (Å²) in [7, 11) is 1.54. The van der Waals surface area contributed by atoms with Crippen LogP contribution in [0.4, 0.5) is 38.0 Å². The van der Waals surface area contributed by atoms with Crippen molar-refractivity contribution in [3.63, 3.8) is 0 Å². The number of carboxylic acid groups (broad SMARTS) is 1. The van der Waals surface area contributed by atoms with Gasteiger partial charge in [0, 0.05) is 68.7 Å². The van der Waals surface area contributed by atoms with Crippen LogP contribution >= 0.6 is 0 Å². The topological polar surface area (TPSA) is 90.7 Å². The number of aliphatic carboxylic acids is 1.